The van der Waals surface area contributed by atoms with Gasteiger partial charge < -0.3 is 11.8 Å². The van der Waals surface area contributed by atoms with E-state index in [4.69, 9.17) is 5.73 Å². The van der Waals surface area contributed by atoms with Crippen LogP contribution in [0.3, 0.4) is 0 Å². The van der Waals surface area contributed by atoms with E-state index in [0.29, 0.717) is 16.9 Å². The molecule has 5 aliphatic rings. The van der Waals surface area contributed by atoms with Gasteiger partial charge in [-0.25, -0.2) is 0 Å². The summed E-state index contributed by atoms with van der Waals surface area (Å²) < 4.78 is 0. The molecule has 2 N–H and O–H groups in total. The zero-order valence-electron chi connectivity index (χ0n) is 36.9. The predicted molar refractivity (Wildman–Crippen MR) is 227 cm³/mol. The first kappa shape index (κ1) is 51.6. The second-order valence-corrected chi connectivity index (χ2v) is 18.6. The predicted octanol–water partition coefficient (Wildman–Crippen LogP) is 15.7. The molecule has 0 radical (unpaired) electrons. The first-order valence-electron chi connectivity index (χ1n) is 22.3. The Kier molecular flexibility index (Phi) is 27.5. The van der Waals surface area contributed by atoms with Gasteiger partial charge in [-0.1, -0.05) is 152 Å². The van der Waals surface area contributed by atoms with Crippen molar-refractivity contribution in [3.8, 4) is 0 Å². The number of hydrogen-bond acceptors (Lipinski definition) is 1. The maximum atomic E-state index is 5.78. The number of fused-ring (bicyclic) bond motifs is 5. The Hall–Kier alpha value is 0.557. The molecule has 0 aliphatic heterocycles. The molecule has 5 rings (SSSR count). The van der Waals surface area contributed by atoms with Gasteiger partial charge in [-0.3, -0.25) is 6.58 Å². The van der Waals surface area contributed by atoms with Crippen LogP contribution in [0.15, 0.2) is 30.4 Å². The molecule has 4 saturated carbocycles. The summed E-state index contributed by atoms with van der Waals surface area (Å²) in [7, 11) is 0. The molecule has 51 heavy (non-hydrogen) atoms. The van der Waals surface area contributed by atoms with Gasteiger partial charge in [0.1, 0.15) is 0 Å². The SMILES string of the molecule is C=C(CC)CC.C=[C-]CC.CC(C)CCCC(C)C1CCC2C3CC=C4CC(C)CCC4(C)C3CCC12C.CC1CCCCC1N.CCCC.[Ce]. The van der Waals surface area contributed by atoms with E-state index >= 15 is 0 Å². The molecule has 2 heteroatoms. The fourth-order valence-electron chi connectivity index (χ4n) is 10.5. The largest absolute Gasteiger partial charge is 0.504 e. The minimum Gasteiger partial charge on any atom is -0.504 e. The average Bonchev–Trinajstić information content (AvgIpc) is 3.47. The summed E-state index contributed by atoms with van der Waals surface area (Å²) in [6, 6.07) is 0.503. The van der Waals surface area contributed by atoms with Crippen LogP contribution in [0.5, 0.6) is 0 Å². The molecule has 10 atom stereocenters. The van der Waals surface area contributed by atoms with E-state index in [1.54, 1.807) is 0 Å². The Morgan fingerprint density at radius 2 is 1.47 bits per heavy atom. The maximum absolute atomic E-state index is 5.78. The van der Waals surface area contributed by atoms with Crippen LogP contribution in [0.1, 0.15) is 212 Å². The van der Waals surface area contributed by atoms with Gasteiger partial charge in [0.15, 0.2) is 0 Å². The Morgan fingerprint density at radius 3 is 1.94 bits per heavy atom. The zero-order chi connectivity index (χ0) is 37.9. The molecule has 298 valence electrons. The van der Waals surface area contributed by atoms with E-state index in [-0.39, 0.29) is 41.7 Å². The van der Waals surface area contributed by atoms with E-state index in [9.17, 15) is 0 Å². The summed E-state index contributed by atoms with van der Waals surface area (Å²) in [5, 5.41) is 0. The van der Waals surface area contributed by atoms with Gasteiger partial charge in [-0.15, -0.1) is 0 Å². The molecule has 10 unspecified atom stereocenters. The Morgan fingerprint density at radius 1 is 0.863 bits per heavy atom. The van der Waals surface area contributed by atoms with E-state index in [1.807, 2.05) is 12.5 Å². The van der Waals surface area contributed by atoms with Crippen molar-refractivity contribution < 1.29 is 41.7 Å². The van der Waals surface area contributed by atoms with Crippen LogP contribution in [0.25, 0.3) is 0 Å². The summed E-state index contributed by atoms with van der Waals surface area (Å²) in [5.41, 5.74) is 10.2. The van der Waals surface area contributed by atoms with Crippen LogP contribution in [-0.2, 0) is 0 Å². The summed E-state index contributed by atoms with van der Waals surface area (Å²) >= 11 is 0. The van der Waals surface area contributed by atoms with Crippen molar-refractivity contribution in [2.75, 3.05) is 0 Å². The van der Waals surface area contributed by atoms with Gasteiger partial charge in [0, 0.05) is 47.8 Å². The molecule has 0 saturated heterocycles. The first-order chi connectivity index (χ1) is 23.7. The second-order valence-electron chi connectivity index (χ2n) is 18.6. The Labute approximate surface area is 356 Å². The number of allylic oxidation sites excluding steroid dienone is 4. The van der Waals surface area contributed by atoms with Crippen molar-refractivity contribution in [1.82, 2.24) is 0 Å². The summed E-state index contributed by atoms with van der Waals surface area (Å²) in [5.74, 6) is 7.51. The van der Waals surface area contributed by atoms with E-state index in [1.165, 1.54) is 115 Å². The van der Waals surface area contributed by atoms with Gasteiger partial charge >= 0.3 is 0 Å². The van der Waals surface area contributed by atoms with Crippen LogP contribution >= 0.6 is 0 Å². The van der Waals surface area contributed by atoms with Crippen LogP contribution in [-0.4, -0.2) is 6.04 Å². The van der Waals surface area contributed by atoms with Crippen molar-refractivity contribution in [3.05, 3.63) is 36.5 Å². The molecular formula is C49H92CeN-. The van der Waals surface area contributed by atoms with Gasteiger partial charge in [0.25, 0.3) is 0 Å². The molecule has 0 aromatic rings. The molecule has 5 aliphatic carbocycles. The van der Waals surface area contributed by atoms with Gasteiger partial charge in [-0.2, -0.15) is 6.42 Å². The number of nitrogens with two attached hydrogens (primary N) is 1. The molecule has 0 aromatic carbocycles. The average molecular weight is 835 g/mol. The van der Waals surface area contributed by atoms with Crippen LogP contribution in [0.2, 0.25) is 0 Å². The monoisotopic (exact) mass is 835 g/mol. The van der Waals surface area contributed by atoms with E-state index < -0.39 is 0 Å². The van der Waals surface area contributed by atoms with Gasteiger partial charge in [-0.05, 0) is 135 Å². The molecule has 0 heterocycles. The topological polar surface area (TPSA) is 26.0 Å². The van der Waals surface area contributed by atoms with Crippen LogP contribution < -0.4 is 5.73 Å². The number of hydrogen-bond donors (Lipinski definition) is 1. The molecule has 0 amide bonds. The number of rotatable bonds is 9. The molecular weight excluding hydrogens is 743 g/mol. The minimum atomic E-state index is 0. The summed E-state index contributed by atoms with van der Waals surface area (Å²) in [6.45, 7) is 35.3. The quantitative estimate of drug-likeness (QED) is 0.182. The van der Waals surface area contributed by atoms with E-state index in [0.717, 1.165) is 66.6 Å². The van der Waals surface area contributed by atoms with E-state index in [2.05, 4.69) is 101 Å². The third-order valence-corrected chi connectivity index (χ3v) is 14.5. The molecule has 0 bridgehead atoms. The summed E-state index contributed by atoms with van der Waals surface area (Å²) in [4.78, 5) is 0. The van der Waals surface area contributed by atoms with Crippen LogP contribution in [0, 0.1) is 106 Å². The van der Waals surface area contributed by atoms with Crippen molar-refractivity contribution in [2.45, 2.75) is 218 Å². The smallest absolute Gasteiger partial charge is 0.00645 e. The standard InChI is InChI=1S/C28H48.C7H15N.C6H12.C4H10.C4H7.Ce/c1-19(2)8-7-9-21(4)24-12-13-25-23-11-10-22-18-20(3)14-16-27(22,5)26(23)15-17-28(24,25)6;1-6-4-2-3-5-7(6)8;1-4-6(3)5-2;2*1-3-4-2;/h10,19-21,23-26H,7-9,11-18H2,1-6H3;6-7H,2-5,8H2,1H3;3-5H2,1-2H3;3-4H2,1-2H3;1,4H2,2H3;/q;;;;-1;. The molecule has 0 aromatic heterocycles. The number of unbranched alkanes of at least 4 members (excludes halogenated alkanes) is 1. The third kappa shape index (κ3) is 16.3. The van der Waals surface area contributed by atoms with Crippen molar-refractivity contribution in [2.24, 2.45) is 63.9 Å². The Balaban J connectivity index is 0.000000886. The maximum Gasteiger partial charge on any atom is 0.00645 e. The normalized spacial score (nSPS) is 33.8. The first-order valence-corrected chi connectivity index (χ1v) is 22.3. The van der Waals surface area contributed by atoms with Crippen LogP contribution in [0.4, 0.5) is 0 Å². The van der Waals surface area contributed by atoms with Crippen molar-refractivity contribution in [1.29, 1.82) is 0 Å². The fraction of sp³-hybridized carbons (Fsp3) is 0.878. The fourth-order valence-corrected chi connectivity index (χ4v) is 10.5. The van der Waals surface area contributed by atoms with Crippen molar-refractivity contribution in [3.63, 3.8) is 0 Å². The Bertz CT molecular complexity index is 932. The third-order valence-electron chi connectivity index (χ3n) is 14.5. The molecule has 0 spiro atoms. The minimum absolute atomic E-state index is 0. The summed E-state index contributed by atoms with van der Waals surface area (Å²) in [6.07, 6.45) is 32.9. The zero-order valence-corrected chi connectivity index (χ0v) is 40.0. The van der Waals surface area contributed by atoms with Gasteiger partial charge in [0.2, 0.25) is 0 Å². The molecule has 1 nitrogen and oxygen atoms in total. The second kappa shape index (κ2) is 27.2. The van der Waals surface area contributed by atoms with Crippen molar-refractivity contribution >= 4 is 0 Å². The molecule has 4 fully saturated rings. The van der Waals surface area contributed by atoms with Gasteiger partial charge in [0.05, 0.1) is 0 Å².